The molecule has 0 aliphatic heterocycles. The lowest BCUT2D eigenvalue weighted by molar-refractivity contribution is 0.593. The van der Waals surface area contributed by atoms with E-state index in [2.05, 4.69) is 20.9 Å². The number of oxazole rings is 1. The smallest absolute Gasteiger partial charge is 0.231 e. The van der Waals surface area contributed by atoms with E-state index in [1.807, 2.05) is 30.3 Å². The van der Waals surface area contributed by atoms with E-state index < -0.39 is 0 Å². The zero-order valence-electron chi connectivity index (χ0n) is 7.57. The summed E-state index contributed by atoms with van der Waals surface area (Å²) < 4.78 is 6.03. The van der Waals surface area contributed by atoms with E-state index in [1.54, 1.807) is 0 Å². The van der Waals surface area contributed by atoms with Gasteiger partial charge in [0.2, 0.25) is 17.5 Å². The zero-order valence-corrected chi connectivity index (χ0v) is 9.15. The Morgan fingerprint density at radius 1 is 1.40 bits per heavy atom. The lowest BCUT2D eigenvalue weighted by Gasteiger charge is -1.97. The number of hydrogen-bond acceptors (Lipinski definition) is 4. The van der Waals surface area contributed by atoms with Crippen molar-refractivity contribution in [2.24, 2.45) is 0 Å². The Hall–Kier alpha value is -1.80. The highest BCUT2D eigenvalue weighted by atomic mass is 79.9. The zero-order chi connectivity index (χ0) is 10.8. The molecule has 0 saturated carbocycles. The second-order valence-electron chi connectivity index (χ2n) is 2.82. The summed E-state index contributed by atoms with van der Waals surface area (Å²) in [6.45, 7) is 0. The van der Waals surface area contributed by atoms with Gasteiger partial charge in [0, 0.05) is 4.47 Å². The number of nitrogens with two attached hydrogens (primary N) is 1. The van der Waals surface area contributed by atoms with Crippen molar-refractivity contribution >= 4 is 21.8 Å². The predicted molar refractivity (Wildman–Crippen MR) is 58.8 cm³/mol. The minimum Gasteiger partial charge on any atom is -0.419 e. The molecule has 1 heterocycles. The molecule has 0 amide bonds. The SMILES string of the molecule is N#Cc1nc(-c2ccccc2Br)oc1N. The topological polar surface area (TPSA) is 75.8 Å². The van der Waals surface area contributed by atoms with Crippen LogP contribution in [0.3, 0.4) is 0 Å². The Kier molecular flexibility index (Phi) is 2.44. The highest BCUT2D eigenvalue weighted by molar-refractivity contribution is 9.10. The minimum atomic E-state index is 0.0447. The molecular formula is C10H6BrN3O. The predicted octanol–water partition coefficient (Wildman–Crippen LogP) is 2.56. The van der Waals surface area contributed by atoms with Crippen LogP contribution in [-0.2, 0) is 0 Å². The molecule has 2 N–H and O–H groups in total. The number of benzene rings is 1. The maximum Gasteiger partial charge on any atom is 0.231 e. The monoisotopic (exact) mass is 263 g/mol. The Bertz CT molecular complexity index is 542. The lowest BCUT2D eigenvalue weighted by Crippen LogP contribution is -1.84. The van der Waals surface area contributed by atoms with Crippen LogP contribution in [0.2, 0.25) is 0 Å². The van der Waals surface area contributed by atoms with E-state index >= 15 is 0 Å². The molecule has 15 heavy (non-hydrogen) atoms. The summed E-state index contributed by atoms with van der Waals surface area (Å²) in [5.74, 6) is 0.389. The molecule has 74 valence electrons. The quantitative estimate of drug-likeness (QED) is 0.858. The highest BCUT2D eigenvalue weighted by Crippen LogP contribution is 2.29. The van der Waals surface area contributed by atoms with Crippen LogP contribution in [0.4, 0.5) is 5.88 Å². The molecule has 1 aromatic carbocycles. The van der Waals surface area contributed by atoms with Gasteiger partial charge in [-0.25, -0.2) is 0 Å². The fourth-order valence-corrected chi connectivity index (χ4v) is 1.62. The molecule has 0 atom stereocenters. The van der Waals surface area contributed by atoms with E-state index in [0.717, 1.165) is 10.0 Å². The van der Waals surface area contributed by atoms with Crippen molar-refractivity contribution < 1.29 is 4.42 Å². The molecule has 4 nitrogen and oxygen atoms in total. The number of nitrogens with zero attached hydrogens (tertiary/aromatic N) is 2. The highest BCUT2D eigenvalue weighted by Gasteiger charge is 2.13. The molecule has 2 rings (SSSR count). The number of hydrogen-bond donors (Lipinski definition) is 1. The fourth-order valence-electron chi connectivity index (χ4n) is 1.16. The van der Waals surface area contributed by atoms with Crippen molar-refractivity contribution in [3.63, 3.8) is 0 Å². The molecule has 0 fully saturated rings. The Morgan fingerprint density at radius 2 is 2.13 bits per heavy atom. The molecule has 0 radical (unpaired) electrons. The van der Waals surface area contributed by atoms with Crippen LogP contribution < -0.4 is 5.73 Å². The molecule has 0 spiro atoms. The Morgan fingerprint density at radius 3 is 2.73 bits per heavy atom. The summed E-state index contributed by atoms with van der Waals surface area (Å²) >= 11 is 3.36. The first-order valence-corrected chi connectivity index (χ1v) is 4.93. The number of rotatable bonds is 1. The second-order valence-corrected chi connectivity index (χ2v) is 3.68. The number of nitriles is 1. The molecule has 0 aliphatic carbocycles. The maximum atomic E-state index is 8.68. The Labute approximate surface area is 94.5 Å². The fraction of sp³-hybridized carbons (Fsp3) is 0. The molecule has 1 aromatic heterocycles. The van der Waals surface area contributed by atoms with E-state index in [1.165, 1.54) is 0 Å². The second kappa shape index (κ2) is 3.75. The van der Waals surface area contributed by atoms with Crippen LogP contribution in [-0.4, -0.2) is 4.98 Å². The van der Waals surface area contributed by atoms with Crippen molar-refractivity contribution in [1.82, 2.24) is 4.98 Å². The third-order valence-electron chi connectivity index (χ3n) is 1.86. The van der Waals surface area contributed by atoms with Crippen LogP contribution in [0.5, 0.6) is 0 Å². The van der Waals surface area contributed by atoms with Gasteiger partial charge < -0.3 is 10.2 Å². The van der Waals surface area contributed by atoms with Gasteiger partial charge in [0.05, 0.1) is 5.56 Å². The van der Waals surface area contributed by atoms with Crippen molar-refractivity contribution in [2.45, 2.75) is 0 Å². The largest absolute Gasteiger partial charge is 0.419 e. The van der Waals surface area contributed by atoms with E-state index in [-0.39, 0.29) is 11.6 Å². The molecule has 0 bridgehead atoms. The van der Waals surface area contributed by atoms with Crippen LogP contribution in [0.15, 0.2) is 33.2 Å². The average molecular weight is 264 g/mol. The normalized spacial score (nSPS) is 9.87. The van der Waals surface area contributed by atoms with Crippen molar-refractivity contribution in [3.8, 4) is 17.5 Å². The summed E-state index contributed by atoms with van der Waals surface area (Å²) in [7, 11) is 0. The average Bonchev–Trinajstić information content (AvgIpc) is 2.60. The van der Waals surface area contributed by atoms with Gasteiger partial charge in [0.15, 0.2) is 0 Å². The number of nitrogen functional groups attached to an aromatic ring is 1. The van der Waals surface area contributed by atoms with Gasteiger partial charge in [-0.15, -0.1) is 0 Å². The van der Waals surface area contributed by atoms with E-state index in [0.29, 0.717) is 5.89 Å². The summed E-state index contributed by atoms with van der Waals surface area (Å²) in [5.41, 5.74) is 6.35. The van der Waals surface area contributed by atoms with Gasteiger partial charge in [-0.1, -0.05) is 12.1 Å². The first kappa shape index (κ1) is 9.74. The molecule has 0 unspecified atom stereocenters. The van der Waals surface area contributed by atoms with Crippen LogP contribution in [0.25, 0.3) is 11.5 Å². The summed E-state index contributed by atoms with van der Waals surface area (Å²) in [6.07, 6.45) is 0. The molecule has 0 saturated heterocycles. The summed E-state index contributed by atoms with van der Waals surface area (Å²) in [5, 5.41) is 8.68. The molecule has 2 aromatic rings. The Balaban J connectivity index is 2.56. The minimum absolute atomic E-state index is 0.0447. The maximum absolute atomic E-state index is 8.68. The van der Waals surface area contributed by atoms with Crippen LogP contribution in [0, 0.1) is 11.3 Å². The van der Waals surface area contributed by atoms with Gasteiger partial charge in [0.1, 0.15) is 6.07 Å². The lowest BCUT2D eigenvalue weighted by atomic mass is 10.2. The number of aromatic nitrogens is 1. The third-order valence-corrected chi connectivity index (χ3v) is 2.56. The summed E-state index contributed by atoms with van der Waals surface area (Å²) in [4.78, 5) is 3.98. The molecule has 5 heteroatoms. The van der Waals surface area contributed by atoms with E-state index in [9.17, 15) is 0 Å². The summed E-state index contributed by atoms with van der Waals surface area (Å²) in [6, 6.07) is 9.29. The molecule has 0 aliphatic rings. The van der Waals surface area contributed by atoms with Gasteiger partial charge in [-0.05, 0) is 28.1 Å². The van der Waals surface area contributed by atoms with Gasteiger partial charge in [-0.3, -0.25) is 0 Å². The van der Waals surface area contributed by atoms with Crippen molar-refractivity contribution in [2.75, 3.05) is 5.73 Å². The first-order chi connectivity index (χ1) is 7.22. The van der Waals surface area contributed by atoms with Crippen molar-refractivity contribution in [3.05, 3.63) is 34.4 Å². The van der Waals surface area contributed by atoms with Gasteiger partial charge in [0.25, 0.3) is 0 Å². The van der Waals surface area contributed by atoms with Crippen molar-refractivity contribution in [1.29, 1.82) is 5.26 Å². The van der Waals surface area contributed by atoms with Gasteiger partial charge in [-0.2, -0.15) is 10.2 Å². The molecular weight excluding hydrogens is 258 g/mol. The van der Waals surface area contributed by atoms with Crippen LogP contribution >= 0.6 is 15.9 Å². The van der Waals surface area contributed by atoms with Gasteiger partial charge >= 0.3 is 0 Å². The standard InChI is InChI=1S/C10H6BrN3O/c11-7-4-2-1-3-6(7)10-14-8(5-12)9(13)15-10/h1-4H,13H2. The van der Waals surface area contributed by atoms with E-state index in [4.69, 9.17) is 15.4 Å². The number of anilines is 1. The third kappa shape index (κ3) is 1.72. The first-order valence-electron chi connectivity index (χ1n) is 4.13. The van der Waals surface area contributed by atoms with Crippen LogP contribution in [0.1, 0.15) is 5.69 Å². The number of halogens is 1.